The van der Waals surface area contributed by atoms with Crippen LogP contribution in [0.2, 0.25) is 0 Å². The van der Waals surface area contributed by atoms with E-state index in [-0.39, 0.29) is 0 Å². The fourth-order valence-electron chi connectivity index (χ4n) is 2.41. The van der Waals surface area contributed by atoms with E-state index in [0.717, 1.165) is 19.0 Å². The first-order valence-electron chi connectivity index (χ1n) is 6.89. The highest BCUT2D eigenvalue weighted by Gasteiger charge is 2.14. The third-order valence-corrected chi connectivity index (χ3v) is 3.70. The van der Waals surface area contributed by atoms with Gasteiger partial charge in [-0.1, -0.05) is 6.92 Å². The van der Waals surface area contributed by atoms with Crippen molar-refractivity contribution in [2.24, 2.45) is 5.92 Å². The van der Waals surface area contributed by atoms with Gasteiger partial charge < -0.3 is 15.2 Å². The minimum atomic E-state index is 0.943. The zero-order chi connectivity index (χ0) is 11.9. The monoisotopic (exact) mass is 235 g/mol. The van der Waals surface area contributed by atoms with E-state index in [9.17, 15) is 0 Å². The van der Waals surface area contributed by atoms with Crippen LogP contribution in [-0.2, 0) is 6.54 Å². The van der Waals surface area contributed by atoms with Crippen LogP contribution in [0.3, 0.4) is 0 Å². The molecule has 1 aromatic heterocycles. The van der Waals surface area contributed by atoms with Gasteiger partial charge in [-0.2, -0.15) is 0 Å². The van der Waals surface area contributed by atoms with Crippen LogP contribution in [0.15, 0.2) is 18.5 Å². The summed E-state index contributed by atoms with van der Waals surface area (Å²) < 4.78 is 0. The minimum absolute atomic E-state index is 0.943. The summed E-state index contributed by atoms with van der Waals surface area (Å²) in [5.41, 5.74) is 1.34. The van der Waals surface area contributed by atoms with Crippen LogP contribution in [0.25, 0.3) is 0 Å². The van der Waals surface area contributed by atoms with Gasteiger partial charge in [-0.25, -0.2) is 0 Å². The number of aromatic amines is 1. The molecule has 1 aromatic rings. The second-order valence-electron chi connectivity index (χ2n) is 5.27. The average molecular weight is 235 g/mol. The molecule has 0 spiro atoms. The predicted octanol–water partition coefficient (Wildman–Crippen LogP) is 2.23. The van der Waals surface area contributed by atoms with Crippen LogP contribution >= 0.6 is 0 Å². The molecule has 1 saturated heterocycles. The third kappa shape index (κ3) is 4.52. The van der Waals surface area contributed by atoms with E-state index < -0.39 is 0 Å². The molecule has 0 aromatic carbocycles. The minimum Gasteiger partial charge on any atom is -0.367 e. The van der Waals surface area contributed by atoms with Crippen LogP contribution in [0.4, 0.5) is 0 Å². The van der Waals surface area contributed by atoms with E-state index >= 15 is 0 Å². The molecule has 96 valence electrons. The van der Waals surface area contributed by atoms with Crippen molar-refractivity contribution in [3.8, 4) is 0 Å². The summed E-state index contributed by atoms with van der Waals surface area (Å²) in [4.78, 5) is 5.69. The van der Waals surface area contributed by atoms with Gasteiger partial charge in [0.15, 0.2) is 0 Å². The summed E-state index contributed by atoms with van der Waals surface area (Å²) >= 11 is 0. The van der Waals surface area contributed by atoms with Gasteiger partial charge >= 0.3 is 0 Å². The number of rotatable bonds is 6. The summed E-state index contributed by atoms with van der Waals surface area (Å²) in [5.74, 6) is 0.943. The molecular weight excluding hydrogens is 210 g/mol. The third-order valence-electron chi connectivity index (χ3n) is 3.70. The standard InChI is InChI=1S/C14H25N3/c1-13-4-9-17(10-5-13)8-2-6-15-11-14-3-7-16-12-14/h3,7,12-13,15-16H,2,4-6,8-11H2,1H3. The summed E-state index contributed by atoms with van der Waals surface area (Å²) in [7, 11) is 0. The number of hydrogen-bond acceptors (Lipinski definition) is 2. The highest BCUT2D eigenvalue weighted by Crippen LogP contribution is 2.15. The van der Waals surface area contributed by atoms with Crippen molar-refractivity contribution in [3.63, 3.8) is 0 Å². The molecule has 0 bridgehead atoms. The molecule has 1 aliphatic heterocycles. The van der Waals surface area contributed by atoms with Crippen LogP contribution in [0.5, 0.6) is 0 Å². The molecule has 2 heterocycles. The lowest BCUT2D eigenvalue weighted by Gasteiger charge is -2.30. The Labute approximate surface area is 105 Å². The Morgan fingerprint density at radius 1 is 1.41 bits per heavy atom. The van der Waals surface area contributed by atoms with Crippen molar-refractivity contribution < 1.29 is 0 Å². The van der Waals surface area contributed by atoms with Crippen molar-refractivity contribution in [1.82, 2.24) is 15.2 Å². The quantitative estimate of drug-likeness (QED) is 0.741. The Morgan fingerprint density at radius 2 is 2.24 bits per heavy atom. The molecule has 1 aliphatic rings. The molecule has 0 saturated carbocycles. The van der Waals surface area contributed by atoms with E-state index in [1.807, 2.05) is 6.20 Å². The molecule has 0 atom stereocenters. The van der Waals surface area contributed by atoms with Crippen LogP contribution < -0.4 is 5.32 Å². The maximum absolute atomic E-state index is 3.49. The summed E-state index contributed by atoms with van der Waals surface area (Å²) in [5, 5.41) is 3.49. The summed E-state index contributed by atoms with van der Waals surface area (Å²) in [6, 6.07) is 2.12. The number of piperidine rings is 1. The second kappa shape index (κ2) is 6.82. The second-order valence-corrected chi connectivity index (χ2v) is 5.27. The van der Waals surface area contributed by atoms with Gasteiger partial charge in [0.1, 0.15) is 0 Å². The van der Waals surface area contributed by atoms with Gasteiger partial charge in [0, 0.05) is 18.9 Å². The molecule has 3 nitrogen and oxygen atoms in total. The number of aromatic nitrogens is 1. The lowest BCUT2D eigenvalue weighted by Crippen LogP contribution is -2.34. The SMILES string of the molecule is CC1CCN(CCCNCc2cc[nH]c2)CC1. The zero-order valence-electron chi connectivity index (χ0n) is 10.9. The van der Waals surface area contributed by atoms with E-state index in [1.54, 1.807) is 0 Å². The highest BCUT2D eigenvalue weighted by atomic mass is 15.1. The Kier molecular flexibility index (Phi) is 5.08. The summed E-state index contributed by atoms with van der Waals surface area (Å²) in [6.07, 6.45) is 8.07. The molecule has 0 aliphatic carbocycles. The van der Waals surface area contributed by atoms with Gasteiger partial charge in [-0.05, 0) is 63.0 Å². The van der Waals surface area contributed by atoms with E-state index in [2.05, 4.69) is 34.4 Å². The van der Waals surface area contributed by atoms with Gasteiger partial charge in [0.05, 0.1) is 0 Å². The fourth-order valence-corrected chi connectivity index (χ4v) is 2.41. The van der Waals surface area contributed by atoms with E-state index in [1.165, 1.54) is 44.5 Å². The lowest BCUT2D eigenvalue weighted by atomic mass is 9.99. The molecule has 17 heavy (non-hydrogen) atoms. The molecule has 1 fully saturated rings. The molecule has 3 heteroatoms. The van der Waals surface area contributed by atoms with E-state index in [0.29, 0.717) is 0 Å². The molecule has 2 rings (SSSR count). The van der Waals surface area contributed by atoms with Gasteiger partial charge in [-0.15, -0.1) is 0 Å². The van der Waals surface area contributed by atoms with Crippen molar-refractivity contribution >= 4 is 0 Å². The van der Waals surface area contributed by atoms with Crippen molar-refractivity contribution in [3.05, 3.63) is 24.0 Å². The average Bonchev–Trinajstić information content (AvgIpc) is 2.84. The Balaban J connectivity index is 1.49. The molecule has 0 unspecified atom stereocenters. The van der Waals surface area contributed by atoms with Crippen molar-refractivity contribution in [2.45, 2.75) is 32.7 Å². The predicted molar refractivity (Wildman–Crippen MR) is 72.0 cm³/mol. The number of hydrogen-bond donors (Lipinski definition) is 2. The number of H-pyrrole nitrogens is 1. The maximum atomic E-state index is 3.49. The van der Waals surface area contributed by atoms with Gasteiger partial charge in [0.2, 0.25) is 0 Å². The molecule has 2 N–H and O–H groups in total. The van der Waals surface area contributed by atoms with Crippen molar-refractivity contribution in [2.75, 3.05) is 26.2 Å². The first-order valence-corrected chi connectivity index (χ1v) is 6.89. The summed E-state index contributed by atoms with van der Waals surface area (Å²) in [6.45, 7) is 8.35. The zero-order valence-corrected chi connectivity index (χ0v) is 10.9. The Bertz CT molecular complexity index is 286. The molecular formula is C14H25N3. The maximum Gasteiger partial charge on any atom is 0.0220 e. The van der Waals surface area contributed by atoms with Crippen LogP contribution in [0, 0.1) is 5.92 Å². The Hall–Kier alpha value is -0.800. The first-order chi connectivity index (χ1) is 8.34. The highest BCUT2D eigenvalue weighted by molar-refractivity contribution is 5.07. The molecule has 0 radical (unpaired) electrons. The smallest absolute Gasteiger partial charge is 0.0220 e. The number of likely N-dealkylation sites (tertiary alicyclic amines) is 1. The van der Waals surface area contributed by atoms with Crippen LogP contribution in [0.1, 0.15) is 31.7 Å². The van der Waals surface area contributed by atoms with Gasteiger partial charge in [0.25, 0.3) is 0 Å². The largest absolute Gasteiger partial charge is 0.367 e. The van der Waals surface area contributed by atoms with E-state index in [4.69, 9.17) is 0 Å². The number of nitrogens with zero attached hydrogens (tertiary/aromatic N) is 1. The fraction of sp³-hybridized carbons (Fsp3) is 0.714. The normalized spacial score (nSPS) is 18.6. The van der Waals surface area contributed by atoms with Crippen LogP contribution in [-0.4, -0.2) is 36.1 Å². The Morgan fingerprint density at radius 3 is 2.94 bits per heavy atom. The topological polar surface area (TPSA) is 31.1 Å². The lowest BCUT2D eigenvalue weighted by molar-refractivity contribution is 0.190. The first kappa shape index (κ1) is 12.7. The van der Waals surface area contributed by atoms with Crippen molar-refractivity contribution in [1.29, 1.82) is 0 Å². The number of nitrogens with one attached hydrogen (secondary N) is 2. The van der Waals surface area contributed by atoms with Gasteiger partial charge in [-0.3, -0.25) is 0 Å². The molecule has 0 amide bonds.